The summed E-state index contributed by atoms with van der Waals surface area (Å²) >= 11 is 1.63. The molecule has 0 spiro atoms. The van der Waals surface area contributed by atoms with Gasteiger partial charge in [-0.2, -0.15) is 5.10 Å². The number of nitrogens with one attached hydrogen (secondary N) is 1. The van der Waals surface area contributed by atoms with E-state index in [-0.39, 0.29) is 11.9 Å². The lowest BCUT2D eigenvalue weighted by Gasteiger charge is -2.23. The predicted octanol–water partition coefficient (Wildman–Crippen LogP) is 3.21. The summed E-state index contributed by atoms with van der Waals surface area (Å²) in [5.74, 6) is 0.797. The monoisotopic (exact) mass is 339 g/mol. The van der Waals surface area contributed by atoms with Crippen LogP contribution in [0.5, 0.6) is 0 Å². The second-order valence-corrected chi connectivity index (χ2v) is 6.92. The minimum absolute atomic E-state index is 0.0131. The molecular formula is C17H17N5OS. The van der Waals surface area contributed by atoms with Crippen molar-refractivity contribution in [3.05, 3.63) is 52.4 Å². The number of rotatable bonds is 3. The zero-order chi connectivity index (χ0) is 16.5. The van der Waals surface area contributed by atoms with Crippen LogP contribution in [-0.4, -0.2) is 37.5 Å². The van der Waals surface area contributed by atoms with Crippen LogP contribution < -0.4 is 0 Å². The van der Waals surface area contributed by atoms with Gasteiger partial charge < -0.3 is 4.90 Å². The van der Waals surface area contributed by atoms with Gasteiger partial charge in [0.1, 0.15) is 12.2 Å². The van der Waals surface area contributed by atoms with Gasteiger partial charge in [0, 0.05) is 23.1 Å². The molecule has 0 unspecified atom stereocenters. The van der Waals surface area contributed by atoms with Gasteiger partial charge in [-0.1, -0.05) is 12.1 Å². The van der Waals surface area contributed by atoms with Crippen LogP contribution in [0, 0.1) is 6.92 Å². The van der Waals surface area contributed by atoms with E-state index in [4.69, 9.17) is 0 Å². The first-order chi connectivity index (χ1) is 11.7. The summed E-state index contributed by atoms with van der Waals surface area (Å²) in [7, 11) is 0. The van der Waals surface area contributed by atoms with Crippen molar-refractivity contribution in [3.8, 4) is 11.3 Å². The van der Waals surface area contributed by atoms with E-state index in [0.29, 0.717) is 5.56 Å². The molecule has 1 saturated heterocycles. The molecule has 0 radical (unpaired) electrons. The van der Waals surface area contributed by atoms with E-state index in [1.807, 2.05) is 41.5 Å². The molecule has 24 heavy (non-hydrogen) atoms. The van der Waals surface area contributed by atoms with Crippen LogP contribution in [0.3, 0.4) is 0 Å². The minimum Gasteiger partial charge on any atom is -0.328 e. The fourth-order valence-corrected chi connectivity index (χ4v) is 3.74. The SMILES string of the molecule is Cc1nc(-c2ccc(C(=O)N3CCC[C@H]3c3ncn[nH]3)cc2)cs1. The molecule has 1 aromatic carbocycles. The summed E-state index contributed by atoms with van der Waals surface area (Å²) in [4.78, 5) is 23.4. The van der Waals surface area contributed by atoms with Crippen LogP contribution in [0.15, 0.2) is 36.0 Å². The van der Waals surface area contributed by atoms with Gasteiger partial charge in [-0.25, -0.2) is 9.97 Å². The normalized spacial score (nSPS) is 17.4. The standard InChI is InChI=1S/C17H17N5OS/c1-11-20-14(9-24-11)12-4-6-13(7-5-12)17(23)22-8-2-3-15(22)16-18-10-19-21-16/h4-7,9-10,15H,2-3,8H2,1H3,(H,18,19,21)/t15-/m0/s1. The van der Waals surface area contributed by atoms with Crippen molar-refractivity contribution in [2.75, 3.05) is 6.54 Å². The number of hydrogen-bond acceptors (Lipinski definition) is 5. The number of H-pyrrole nitrogens is 1. The first kappa shape index (κ1) is 15.0. The Kier molecular flexibility index (Phi) is 3.86. The Morgan fingerprint density at radius 2 is 2.17 bits per heavy atom. The van der Waals surface area contributed by atoms with Gasteiger partial charge in [-0.3, -0.25) is 9.89 Å². The van der Waals surface area contributed by atoms with E-state index in [9.17, 15) is 4.79 Å². The Morgan fingerprint density at radius 3 is 2.83 bits per heavy atom. The van der Waals surface area contributed by atoms with Gasteiger partial charge in [0.15, 0.2) is 0 Å². The third kappa shape index (κ3) is 2.71. The number of carbonyl (C=O) groups excluding carboxylic acids is 1. The van der Waals surface area contributed by atoms with E-state index in [2.05, 4.69) is 20.2 Å². The van der Waals surface area contributed by atoms with Crippen molar-refractivity contribution < 1.29 is 4.79 Å². The van der Waals surface area contributed by atoms with Crippen LogP contribution in [0.1, 0.15) is 40.1 Å². The topological polar surface area (TPSA) is 74.8 Å². The van der Waals surface area contributed by atoms with Gasteiger partial charge in [-0.05, 0) is 31.9 Å². The van der Waals surface area contributed by atoms with E-state index in [1.54, 1.807) is 11.3 Å². The predicted molar refractivity (Wildman–Crippen MR) is 91.7 cm³/mol. The lowest BCUT2D eigenvalue weighted by molar-refractivity contribution is 0.0730. The minimum atomic E-state index is -0.0131. The molecule has 2 aromatic heterocycles. The molecule has 0 aliphatic carbocycles. The third-order valence-corrected chi connectivity index (χ3v) is 5.08. The molecule has 1 atom stereocenters. The first-order valence-electron chi connectivity index (χ1n) is 7.91. The summed E-state index contributed by atoms with van der Waals surface area (Å²) in [6.45, 7) is 2.74. The Morgan fingerprint density at radius 1 is 1.33 bits per heavy atom. The maximum absolute atomic E-state index is 12.9. The van der Waals surface area contributed by atoms with Crippen LogP contribution >= 0.6 is 11.3 Å². The quantitative estimate of drug-likeness (QED) is 0.795. The molecule has 1 aliphatic rings. The van der Waals surface area contributed by atoms with E-state index in [1.165, 1.54) is 6.33 Å². The van der Waals surface area contributed by atoms with Gasteiger partial charge >= 0.3 is 0 Å². The molecule has 3 aromatic rings. The molecule has 4 rings (SSSR count). The van der Waals surface area contributed by atoms with Gasteiger partial charge in [0.05, 0.1) is 16.7 Å². The highest BCUT2D eigenvalue weighted by Gasteiger charge is 2.32. The van der Waals surface area contributed by atoms with E-state index >= 15 is 0 Å². The molecule has 1 N–H and O–H groups in total. The lowest BCUT2D eigenvalue weighted by Crippen LogP contribution is -2.31. The molecule has 122 valence electrons. The van der Waals surface area contributed by atoms with E-state index in [0.717, 1.165) is 41.5 Å². The second-order valence-electron chi connectivity index (χ2n) is 5.86. The molecule has 0 bridgehead atoms. The lowest BCUT2D eigenvalue weighted by atomic mass is 10.1. The highest BCUT2D eigenvalue weighted by atomic mass is 32.1. The van der Waals surface area contributed by atoms with Crippen molar-refractivity contribution in [2.24, 2.45) is 0 Å². The zero-order valence-corrected chi connectivity index (χ0v) is 14.1. The summed E-state index contributed by atoms with van der Waals surface area (Å²) < 4.78 is 0. The van der Waals surface area contributed by atoms with Gasteiger partial charge in [0.25, 0.3) is 5.91 Å². The van der Waals surface area contributed by atoms with Crippen molar-refractivity contribution >= 4 is 17.2 Å². The first-order valence-corrected chi connectivity index (χ1v) is 8.79. The number of carbonyl (C=O) groups is 1. The van der Waals surface area contributed by atoms with Crippen molar-refractivity contribution in [1.82, 2.24) is 25.1 Å². The third-order valence-electron chi connectivity index (χ3n) is 4.31. The Labute approximate surface area is 143 Å². The molecule has 0 saturated carbocycles. The fraction of sp³-hybridized carbons (Fsp3) is 0.294. The largest absolute Gasteiger partial charge is 0.328 e. The van der Waals surface area contributed by atoms with Crippen molar-refractivity contribution in [1.29, 1.82) is 0 Å². The van der Waals surface area contributed by atoms with Gasteiger partial charge in [-0.15, -0.1) is 11.3 Å². The number of aromatic nitrogens is 4. The molecule has 6 nitrogen and oxygen atoms in total. The number of likely N-dealkylation sites (tertiary alicyclic amines) is 1. The van der Waals surface area contributed by atoms with Crippen molar-refractivity contribution in [2.45, 2.75) is 25.8 Å². The number of thiazole rings is 1. The smallest absolute Gasteiger partial charge is 0.254 e. The Hall–Kier alpha value is -2.54. The van der Waals surface area contributed by atoms with Crippen LogP contribution in [0.4, 0.5) is 0 Å². The molecule has 3 heterocycles. The molecule has 7 heteroatoms. The zero-order valence-electron chi connectivity index (χ0n) is 13.3. The molecule has 1 amide bonds. The van der Waals surface area contributed by atoms with Crippen LogP contribution in [0.25, 0.3) is 11.3 Å². The average molecular weight is 339 g/mol. The Balaban J connectivity index is 1.56. The highest BCUT2D eigenvalue weighted by molar-refractivity contribution is 7.09. The number of amides is 1. The molecule has 1 aliphatic heterocycles. The summed E-state index contributed by atoms with van der Waals surface area (Å²) in [5, 5.41) is 9.86. The summed E-state index contributed by atoms with van der Waals surface area (Å²) in [5.41, 5.74) is 2.68. The maximum Gasteiger partial charge on any atom is 0.254 e. The highest BCUT2D eigenvalue weighted by Crippen LogP contribution is 2.31. The summed E-state index contributed by atoms with van der Waals surface area (Å²) in [6.07, 6.45) is 3.38. The number of benzene rings is 1. The number of nitrogens with zero attached hydrogens (tertiary/aromatic N) is 4. The maximum atomic E-state index is 12.9. The Bertz CT molecular complexity index is 840. The average Bonchev–Trinajstić information content (AvgIpc) is 3.35. The van der Waals surface area contributed by atoms with E-state index < -0.39 is 0 Å². The fourth-order valence-electron chi connectivity index (χ4n) is 3.11. The van der Waals surface area contributed by atoms with Crippen LogP contribution in [-0.2, 0) is 0 Å². The van der Waals surface area contributed by atoms with Crippen LogP contribution in [0.2, 0.25) is 0 Å². The number of hydrogen-bond donors (Lipinski definition) is 1. The number of aryl methyl sites for hydroxylation is 1. The number of aromatic amines is 1. The molecular weight excluding hydrogens is 322 g/mol. The van der Waals surface area contributed by atoms with Crippen molar-refractivity contribution in [3.63, 3.8) is 0 Å². The molecule has 1 fully saturated rings. The van der Waals surface area contributed by atoms with Gasteiger partial charge in [0.2, 0.25) is 0 Å². The summed E-state index contributed by atoms with van der Waals surface area (Å²) in [6, 6.07) is 7.66. The second kappa shape index (κ2) is 6.16.